The van der Waals surface area contributed by atoms with E-state index < -0.39 is 10.0 Å². The second kappa shape index (κ2) is 5.80. The van der Waals surface area contributed by atoms with E-state index in [9.17, 15) is 0 Å². The Bertz CT molecular complexity index is 555. The van der Waals surface area contributed by atoms with Gasteiger partial charge in [-0.3, -0.25) is 0 Å². The van der Waals surface area contributed by atoms with Crippen molar-refractivity contribution < 1.29 is 4.74 Å². The Morgan fingerprint density at radius 1 is 0.800 bits per heavy atom. The second-order valence-electron chi connectivity index (χ2n) is 5.59. The zero-order valence-corrected chi connectivity index (χ0v) is 13.7. The van der Waals surface area contributed by atoms with Crippen LogP contribution in [0.4, 0.5) is 11.4 Å². The lowest BCUT2D eigenvalue weighted by Gasteiger charge is -2.27. The zero-order valence-electron chi connectivity index (χ0n) is 12.9. The summed E-state index contributed by atoms with van der Waals surface area (Å²) in [5, 5.41) is 0. The Labute approximate surface area is 123 Å². The van der Waals surface area contributed by atoms with Crippen molar-refractivity contribution in [2.45, 2.75) is 4.90 Å². The standard InChI is InChI=1S/C17H23NOS/c1-18(14-6-10-16(19-2)11-7-14)15-8-12-17(13-9-15)20(3,4)5/h6-13H,1-5H3. The summed E-state index contributed by atoms with van der Waals surface area (Å²) in [6.07, 6.45) is 6.94. The van der Waals surface area contributed by atoms with Crippen molar-refractivity contribution in [3.63, 3.8) is 0 Å². The average Bonchev–Trinajstić information content (AvgIpc) is 2.46. The summed E-state index contributed by atoms with van der Waals surface area (Å²) in [6.45, 7) is 0. The van der Waals surface area contributed by atoms with Gasteiger partial charge in [-0.15, -0.1) is 0 Å². The number of nitrogens with zero attached hydrogens (tertiary/aromatic N) is 1. The number of anilines is 2. The molecule has 0 heterocycles. The van der Waals surface area contributed by atoms with Crippen LogP contribution in [0.5, 0.6) is 5.75 Å². The molecular weight excluding hydrogens is 266 g/mol. The van der Waals surface area contributed by atoms with Crippen LogP contribution in [0.2, 0.25) is 0 Å². The molecule has 0 bridgehead atoms. The largest absolute Gasteiger partial charge is 0.497 e. The Morgan fingerprint density at radius 3 is 1.65 bits per heavy atom. The molecule has 0 spiro atoms. The number of hydrogen-bond donors (Lipinski definition) is 0. The van der Waals surface area contributed by atoms with Crippen LogP contribution in [-0.2, 0) is 0 Å². The van der Waals surface area contributed by atoms with Crippen molar-refractivity contribution in [2.24, 2.45) is 0 Å². The Hall–Kier alpha value is -1.61. The summed E-state index contributed by atoms with van der Waals surface area (Å²) >= 11 is 0. The molecule has 0 radical (unpaired) electrons. The van der Waals surface area contributed by atoms with E-state index in [1.165, 1.54) is 10.6 Å². The van der Waals surface area contributed by atoms with Gasteiger partial charge in [-0.1, -0.05) is 0 Å². The van der Waals surface area contributed by atoms with E-state index in [1.54, 1.807) is 7.11 Å². The lowest BCUT2D eigenvalue weighted by Crippen LogP contribution is -2.09. The lowest BCUT2D eigenvalue weighted by molar-refractivity contribution is 0.415. The highest BCUT2D eigenvalue weighted by atomic mass is 32.3. The SMILES string of the molecule is COc1ccc(N(C)c2ccc(S(C)(C)C)cc2)cc1. The number of hydrogen-bond acceptors (Lipinski definition) is 2. The summed E-state index contributed by atoms with van der Waals surface area (Å²) in [6, 6.07) is 17.0. The van der Waals surface area contributed by atoms with Crippen molar-refractivity contribution in [1.29, 1.82) is 0 Å². The summed E-state index contributed by atoms with van der Waals surface area (Å²) in [4.78, 5) is 3.62. The molecule has 3 heteroatoms. The topological polar surface area (TPSA) is 12.5 Å². The van der Waals surface area contributed by atoms with Gasteiger partial charge in [0, 0.05) is 18.4 Å². The van der Waals surface area contributed by atoms with E-state index in [0.29, 0.717) is 0 Å². The summed E-state index contributed by atoms with van der Waals surface area (Å²) in [7, 11) is 3.12. The van der Waals surface area contributed by atoms with Crippen molar-refractivity contribution in [2.75, 3.05) is 37.8 Å². The van der Waals surface area contributed by atoms with Crippen molar-refractivity contribution in [3.8, 4) is 5.75 Å². The van der Waals surface area contributed by atoms with E-state index in [0.717, 1.165) is 11.4 Å². The van der Waals surface area contributed by atoms with Gasteiger partial charge in [0.25, 0.3) is 0 Å². The van der Waals surface area contributed by atoms with E-state index >= 15 is 0 Å². The van der Waals surface area contributed by atoms with Gasteiger partial charge in [0.15, 0.2) is 0 Å². The van der Waals surface area contributed by atoms with Crippen molar-refractivity contribution in [1.82, 2.24) is 0 Å². The third kappa shape index (κ3) is 3.28. The van der Waals surface area contributed by atoms with Gasteiger partial charge in [0.2, 0.25) is 0 Å². The minimum absolute atomic E-state index is 0.654. The van der Waals surface area contributed by atoms with Gasteiger partial charge < -0.3 is 9.64 Å². The molecule has 0 fully saturated rings. The monoisotopic (exact) mass is 289 g/mol. The molecule has 0 amide bonds. The van der Waals surface area contributed by atoms with Gasteiger partial charge in [-0.2, -0.15) is 0 Å². The second-order valence-corrected chi connectivity index (χ2v) is 9.73. The van der Waals surface area contributed by atoms with E-state index in [4.69, 9.17) is 4.74 Å². The summed E-state index contributed by atoms with van der Waals surface area (Å²) < 4.78 is 5.19. The molecule has 2 nitrogen and oxygen atoms in total. The fourth-order valence-corrected chi connectivity index (χ4v) is 2.99. The van der Waals surface area contributed by atoms with Crippen LogP contribution >= 0.6 is 10.0 Å². The molecule has 20 heavy (non-hydrogen) atoms. The van der Waals surface area contributed by atoms with E-state index in [2.05, 4.69) is 67.1 Å². The van der Waals surface area contributed by atoms with Gasteiger partial charge in [-0.05, 0) is 72.2 Å². The molecule has 0 N–H and O–H groups in total. The zero-order chi connectivity index (χ0) is 14.8. The molecule has 0 saturated heterocycles. The maximum atomic E-state index is 5.19. The third-order valence-electron chi connectivity index (χ3n) is 3.39. The molecule has 0 aromatic heterocycles. The minimum atomic E-state index is -0.654. The van der Waals surface area contributed by atoms with Crippen LogP contribution in [0.15, 0.2) is 53.4 Å². The van der Waals surface area contributed by atoms with E-state index in [-0.39, 0.29) is 0 Å². The van der Waals surface area contributed by atoms with Crippen LogP contribution in [0.3, 0.4) is 0 Å². The smallest absolute Gasteiger partial charge is 0.119 e. The maximum absolute atomic E-state index is 5.19. The van der Waals surface area contributed by atoms with Crippen molar-refractivity contribution in [3.05, 3.63) is 48.5 Å². The quantitative estimate of drug-likeness (QED) is 0.820. The molecule has 0 unspecified atom stereocenters. The van der Waals surface area contributed by atoms with Crippen LogP contribution < -0.4 is 9.64 Å². The van der Waals surface area contributed by atoms with Gasteiger partial charge in [0.05, 0.1) is 7.11 Å². The van der Waals surface area contributed by atoms with Gasteiger partial charge in [-0.25, -0.2) is 10.0 Å². The predicted octanol–water partition coefficient (Wildman–Crippen LogP) is 4.52. The Balaban J connectivity index is 2.22. The molecule has 0 saturated carbocycles. The van der Waals surface area contributed by atoms with Gasteiger partial charge >= 0.3 is 0 Å². The van der Waals surface area contributed by atoms with Crippen LogP contribution in [0, 0.1) is 0 Å². The maximum Gasteiger partial charge on any atom is 0.119 e. The van der Waals surface area contributed by atoms with Crippen LogP contribution in [-0.4, -0.2) is 32.9 Å². The number of ether oxygens (including phenoxy) is 1. The molecular formula is C17H23NOS. The normalized spacial score (nSPS) is 12.1. The molecule has 108 valence electrons. The predicted molar refractivity (Wildman–Crippen MR) is 91.1 cm³/mol. The Morgan fingerprint density at radius 2 is 1.25 bits per heavy atom. The highest BCUT2D eigenvalue weighted by molar-refractivity contribution is 8.32. The number of benzene rings is 2. The van der Waals surface area contributed by atoms with Crippen LogP contribution in [0.25, 0.3) is 0 Å². The molecule has 0 aliphatic carbocycles. The van der Waals surface area contributed by atoms with Crippen molar-refractivity contribution >= 4 is 21.4 Å². The first-order chi connectivity index (χ1) is 9.41. The van der Waals surface area contributed by atoms with Gasteiger partial charge in [0.1, 0.15) is 5.75 Å². The summed E-state index contributed by atoms with van der Waals surface area (Å²) in [5.74, 6) is 0.883. The number of methoxy groups -OCH3 is 1. The first-order valence-electron chi connectivity index (χ1n) is 6.58. The highest BCUT2D eigenvalue weighted by Crippen LogP contribution is 2.45. The molecule has 2 aromatic carbocycles. The molecule has 2 aromatic rings. The molecule has 0 aliphatic heterocycles. The van der Waals surface area contributed by atoms with Crippen LogP contribution in [0.1, 0.15) is 0 Å². The Kier molecular flexibility index (Phi) is 4.29. The molecule has 2 rings (SSSR count). The first kappa shape index (κ1) is 14.8. The lowest BCUT2D eigenvalue weighted by atomic mass is 10.2. The average molecular weight is 289 g/mol. The highest BCUT2D eigenvalue weighted by Gasteiger charge is 2.09. The molecule has 0 atom stereocenters. The molecule has 0 aliphatic rings. The number of rotatable bonds is 4. The fourth-order valence-electron chi connectivity index (χ4n) is 2.03. The summed E-state index contributed by atoms with van der Waals surface area (Å²) in [5.41, 5.74) is 2.35. The minimum Gasteiger partial charge on any atom is -0.497 e. The van der Waals surface area contributed by atoms with E-state index in [1.807, 2.05) is 12.1 Å². The third-order valence-corrected chi connectivity index (χ3v) is 5.08. The fraction of sp³-hybridized carbons (Fsp3) is 0.294. The first-order valence-corrected chi connectivity index (χ1v) is 9.44.